The number of nitrogens with two attached hydrogens (primary N) is 1. The number of para-hydroxylation sites is 2. The zero-order valence-electron chi connectivity index (χ0n) is 22.9. The summed E-state index contributed by atoms with van der Waals surface area (Å²) >= 11 is 0. The molecule has 0 aliphatic rings. The van der Waals surface area contributed by atoms with Crippen LogP contribution in [0.25, 0.3) is 61.4 Å². The van der Waals surface area contributed by atoms with Crippen LogP contribution in [0.5, 0.6) is 0 Å². The molecule has 2 N–H and O–H groups in total. The van der Waals surface area contributed by atoms with E-state index in [1.54, 1.807) is 0 Å². The molecule has 4 heteroatoms. The summed E-state index contributed by atoms with van der Waals surface area (Å²) in [5, 5.41) is 2.24. The number of nitrogen functional groups attached to an aromatic ring is 1. The molecule has 3 heterocycles. The van der Waals surface area contributed by atoms with Crippen molar-refractivity contribution in [1.29, 1.82) is 0 Å². The number of pyridine rings is 1. The standard InChI is InChI=1S/C36H30N4/c1-4-10-33-35(37)29-11-5-7-13-31(29)39(33)25-16-18-27(23(2)21-25)28-19-17-26(22-24(28)3)40-32-14-8-6-12-30(32)36-34(40)15-9-20-38-36/h4-22H,37H2,1-3H3/b10-4-. The first-order chi connectivity index (χ1) is 19.6. The molecule has 0 fully saturated rings. The third kappa shape index (κ3) is 3.57. The predicted octanol–water partition coefficient (Wildman–Crippen LogP) is 9.02. The molecule has 0 radical (unpaired) electrons. The van der Waals surface area contributed by atoms with Crippen molar-refractivity contribution in [3.05, 3.63) is 126 Å². The number of hydrogen-bond donors (Lipinski definition) is 1. The fourth-order valence-corrected chi connectivity index (χ4v) is 6.12. The molecule has 0 aliphatic heterocycles. The molecule has 7 aromatic rings. The fraction of sp³-hybridized carbons (Fsp3) is 0.0833. The van der Waals surface area contributed by atoms with Crippen molar-refractivity contribution >= 4 is 44.6 Å². The first kappa shape index (κ1) is 24.0. The lowest BCUT2D eigenvalue weighted by molar-refractivity contribution is 1.10. The molecule has 0 atom stereocenters. The summed E-state index contributed by atoms with van der Waals surface area (Å²) < 4.78 is 4.57. The van der Waals surface area contributed by atoms with Gasteiger partial charge in [-0.05, 0) is 97.6 Å². The van der Waals surface area contributed by atoms with Crippen LogP contribution in [0.15, 0.2) is 109 Å². The van der Waals surface area contributed by atoms with Crippen LogP contribution >= 0.6 is 0 Å². The van der Waals surface area contributed by atoms with Gasteiger partial charge in [-0.25, -0.2) is 0 Å². The number of hydrogen-bond acceptors (Lipinski definition) is 2. The number of rotatable bonds is 4. The molecule has 194 valence electrons. The minimum absolute atomic E-state index is 0.808. The molecule has 0 saturated heterocycles. The monoisotopic (exact) mass is 518 g/mol. The van der Waals surface area contributed by atoms with Gasteiger partial charge in [0.25, 0.3) is 0 Å². The van der Waals surface area contributed by atoms with Crippen molar-refractivity contribution in [2.45, 2.75) is 20.8 Å². The summed E-state index contributed by atoms with van der Waals surface area (Å²) in [7, 11) is 0. The van der Waals surface area contributed by atoms with Crippen LogP contribution in [0.1, 0.15) is 23.7 Å². The first-order valence-electron chi connectivity index (χ1n) is 13.6. The van der Waals surface area contributed by atoms with E-state index in [1.807, 2.05) is 31.3 Å². The normalized spacial score (nSPS) is 11.9. The van der Waals surface area contributed by atoms with Crippen LogP contribution in [0, 0.1) is 13.8 Å². The highest BCUT2D eigenvalue weighted by Crippen LogP contribution is 2.36. The molecule has 0 amide bonds. The van der Waals surface area contributed by atoms with Crippen molar-refractivity contribution in [2.75, 3.05) is 5.73 Å². The summed E-state index contributed by atoms with van der Waals surface area (Å²) in [6.45, 7) is 6.41. The maximum Gasteiger partial charge on any atom is 0.0963 e. The Balaban J connectivity index is 1.34. The van der Waals surface area contributed by atoms with Gasteiger partial charge in [-0.3, -0.25) is 4.98 Å². The second-order valence-corrected chi connectivity index (χ2v) is 10.4. The Morgan fingerprint density at radius 3 is 1.88 bits per heavy atom. The van der Waals surface area contributed by atoms with Gasteiger partial charge >= 0.3 is 0 Å². The smallest absolute Gasteiger partial charge is 0.0963 e. The molecular formula is C36H30N4. The molecule has 0 aliphatic carbocycles. The van der Waals surface area contributed by atoms with Gasteiger partial charge in [0, 0.05) is 28.3 Å². The Morgan fingerprint density at radius 2 is 1.23 bits per heavy atom. The van der Waals surface area contributed by atoms with Crippen molar-refractivity contribution < 1.29 is 0 Å². The third-order valence-electron chi connectivity index (χ3n) is 7.93. The van der Waals surface area contributed by atoms with Gasteiger partial charge in [0.2, 0.25) is 0 Å². The number of benzene rings is 4. The Kier molecular flexibility index (Phi) is 5.56. The van der Waals surface area contributed by atoms with Crippen molar-refractivity contribution in [2.24, 2.45) is 0 Å². The number of nitrogens with zero attached hydrogens (tertiary/aromatic N) is 3. The fourth-order valence-electron chi connectivity index (χ4n) is 6.12. The van der Waals surface area contributed by atoms with Crippen LogP contribution < -0.4 is 5.73 Å². The molecule has 0 unspecified atom stereocenters. The van der Waals surface area contributed by atoms with Crippen LogP contribution in [0.3, 0.4) is 0 Å². The van der Waals surface area contributed by atoms with E-state index >= 15 is 0 Å². The van der Waals surface area contributed by atoms with Crippen molar-refractivity contribution in [3.8, 4) is 22.5 Å². The quantitative estimate of drug-likeness (QED) is 0.253. The van der Waals surface area contributed by atoms with E-state index in [0.29, 0.717) is 0 Å². The SMILES string of the molecule is C/C=C\c1c(N)c2ccccc2n1-c1ccc(-c2ccc(-n3c4ccccc4c4ncccc43)cc2C)c(C)c1. The maximum absolute atomic E-state index is 6.59. The van der Waals surface area contributed by atoms with E-state index < -0.39 is 0 Å². The minimum Gasteiger partial charge on any atom is -0.396 e. The lowest BCUT2D eigenvalue weighted by atomic mass is 9.95. The van der Waals surface area contributed by atoms with Crippen molar-refractivity contribution in [3.63, 3.8) is 0 Å². The third-order valence-corrected chi connectivity index (χ3v) is 7.93. The van der Waals surface area contributed by atoms with Gasteiger partial charge in [0.05, 0.1) is 33.4 Å². The molecule has 40 heavy (non-hydrogen) atoms. The second-order valence-electron chi connectivity index (χ2n) is 10.4. The Hall–Kier alpha value is -5.09. The summed E-state index contributed by atoms with van der Waals surface area (Å²) in [5.74, 6) is 0. The molecular weight excluding hydrogens is 488 g/mol. The molecule has 4 nitrogen and oxygen atoms in total. The van der Waals surface area contributed by atoms with E-state index in [9.17, 15) is 0 Å². The summed E-state index contributed by atoms with van der Waals surface area (Å²) in [6, 6.07) is 34.4. The van der Waals surface area contributed by atoms with Gasteiger partial charge in [0.15, 0.2) is 0 Å². The highest BCUT2D eigenvalue weighted by molar-refractivity contribution is 6.07. The molecule has 0 saturated carbocycles. The second kappa shape index (κ2) is 9.28. The predicted molar refractivity (Wildman–Crippen MR) is 169 cm³/mol. The van der Waals surface area contributed by atoms with Gasteiger partial charge in [-0.15, -0.1) is 0 Å². The van der Waals surface area contributed by atoms with E-state index in [1.165, 1.54) is 33.2 Å². The maximum atomic E-state index is 6.59. The average molecular weight is 519 g/mol. The summed E-state index contributed by atoms with van der Waals surface area (Å²) in [4.78, 5) is 4.69. The molecule has 7 rings (SSSR count). The summed E-state index contributed by atoms with van der Waals surface area (Å²) in [5.41, 5.74) is 20.0. The van der Waals surface area contributed by atoms with Crippen LogP contribution in [0.2, 0.25) is 0 Å². The van der Waals surface area contributed by atoms with Gasteiger partial charge in [-0.1, -0.05) is 54.6 Å². The highest BCUT2D eigenvalue weighted by Gasteiger charge is 2.17. The van der Waals surface area contributed by atoms with Crippen LogP contribution in [-0.2, 0) is 0 Å². The average Bonchev–Trinajstić information content (AvgIpc) is 3.46. The number of anilines is 1. The molecule has 4 aromatic carbocycles. The number of allylic oxidation sites excluding steroid dienone is 1. The number of fused-ring (bicyclic) bond motifs is 4. The Labute approximate surface area is 233 Å². The van der Waals surface area contributed by atoms with Gasteiger partial charge < -0.3 is 14.9 Å². The van der Waals surface area contributed by atoms with Crippen molar-refractivity contribution in [1.82, 2.24) is 14.1 Å². The van der Waals surface area contributed by atoms with Gasteiger partial charge in [-0.2, -0.15) is 0 Å². The number of aryl methyl sites for hydroxylation is 2. The highest BCUT2D eigenvalue weighted by atomic mass is 15.0. The largest absolute Gasteiger partial charge is 0.396 e. The van der Waals surface area contributed by atoms with E-state index in [2.05, 4.69) is 114 Å². The number of aromatic nitrogens is 3. The molecule has 0 bridgehead atoms. The summed E-state index contributed by atoms with van der Waals surface area (Å²) in [6.07, 6.45) is 6.00. The lowest BCUT2D eigenvalue weighted by Gasteiger charge is -2.16. The topological polar surface area (TPSA) is 48.8 Å². The Morgan fingerprint density at radius 1 is 0.650 bits per heavy atom. The zero-order valence-corrected chi connectivity index (χ0v) is 22.9. The molecule has 3 aromatic heterocycles. The minimum atomic E-state index is 0.808. The van der Waals surface area contributed by atoms with E-state index in [4.69, 9.17) is 10.7 Å². The van der Waals surface area contributed by atoms with Gasteiger partial charge in [0.1, 0.15) is 0 Å². The first-order valence-corrected chi connectivity index (χ1v) is 13.6. The van der Waals surface area contributed by atoms with E-state index in [0.717, 1.165) is 44.7 Å². The lowest BCUT2D eigenvalue weighted by Crippen LogP contribution is -2.00. The Bertz CT molecular complexity index is 2050. The van der Waals surface area contributed by atoms with E-state index in [-0.39, 0.29) is 0 Å². The zero-order chi connectivity index (χ0) is 27.4. The van der Waals surface area contributed by atoms with Crippen LogP contribution in [-0.4, -0.2) is 14.1 Å². The van der Waals surface area contributed by atoms with Crippen LogP contribution in [0.4, 0.5) is 5.69 Å². The molecule has 0 spiro atoms.